The van der Waals surface area contributed by atoms with E-state index in [1.807, 2.05) is 25.1 Å². The van der Waals surface area contributed by atoms with E-state index in [-0.39, 0.29) is 23.2 Å². The van der Waals surface area contributed by atoms with Crippen LogP contribution < -0.4 is 10.2 Å². The average molecular weight is 610 g/mol. The van der Waals surface area contributed by atoms with Crippen LogP contribution in [0.1, 0.15) is 68.7 Å². The Labute approximate surface area is 250 Å². The van der Waals surface area contributed by atoms with E-state index in [0.29, 0.717) is 36.3 Å². The van der Waals surface area contributed by atoms with Crippen molar-refractivity contribution in [1.82, 2.24) is 10.2 Å². The molecule has 0 aromatic heterocycles. The van der Waals surface area contributed by atoms with Gasteiger partial charge < -0.3 is 5.32 Å². The minimum atomic E-state index is -4.58. The first-order chi connectivity index (χ1) is 20.5. The maximum Gasteiger partial charge on any atom is 0.416 e. The van der Waals surface area contributed by atoms with Crippen molar-refractivity contribution in [3.8, 4) is 6.07 Å². The summed E-state index contributed by atoms with van der Waals surface area (Å²) < 4.78 is 61.7. The molecule has 2 aromatic rings. The molecule has 1 fully saturated rings. The Morgan fingerprint density at radius 2 is 1.81 bits per heavy atom. The Bertz CT molecular complexity index is 1640. The molecule has 11 heteroatoms. The van der Waals surface area contributed by atoms with Crippen LogP contribution in [-0.2, 0) is 15.9 Å². The van der Waals surface area contributed by atoms with Crippen LogP contribution in [0.2, 0.25) is 0 Å². The molecule has 0 saturated carbocycles. The number of hydrogen-bond donors (Lipinski definition) is 2. The first kappa shape index (κ1) is 30.4. The third-order valence-corrected chi connectivity index (χ3v) is 10.1. The number of rotatable bonds is 5. The molecule has 43 heavy (non-hydrogen) atoms. The summed E-state index contributed by atoms with van der Waals surface area (Å²) in [5, 5.41) is 12.9. The number of anilines is 1. The van der Waals surface area contributed by atoms with Crippen molar-refractivity contribution in [1.29, 1.82) is 10.0 Å². The lowest BCUT2D eigenvalue weighted by molar-refractivity contribution is -0.137. The van der Waals surface area contributed by atoms with E-state index in [1.54, 1.807) is 30.0 Å². The fourth-order valence-corrected chi connectivity index (χ4v) is 7.71. The van der Waals surface area contributed by atoms with Crippen molar-refractivity contribution in [2.24, 2.45) is 0 Å². The number of amides is 2. The van der Waals surface area contributed by atoms with Crippen LogP contribution in [0.15, 0.2) is 83.3 Å². The average Bonchev–Trinajstić information content (AvgIpc) is 2.99. The fourth-order valence-electron chi connectivity index (χ4n) is 6.17. The number of nitrogens with zero attached hydrogens (tertiary/aromatic N) is 3. The first-order valence-corrected chi connectivity index (χ1v) is 16.2. The maximum absolute atomic E-state index is 14.7. The number of carbonyl (C=O) groups excluding carboxylic acids is 1. The molecule has 2 amide bonds. The fraction of sp³-hybridized carbons (Fsp3) is 0.375. The van der Waals surface area contributed by atoms with Gasteiger partial charge in [-0.15, -0.1) is 0 Å². The molecule has 2 aromatic carbocycles. The highest BCUT2D eigenvalue weighted by atomic mass is 32.2. The van der Waals surface area contributed by atoms with Gasteiger partial charge in [-0.3, -0.25) is 14.6 Å². The molecule has 1 aliphatic carbocycles. The summed E-state index contributed by atoms with van der Waals surface area (Å²) in [5.41, 5.74) is 3.06. The van der Waals surface area contributed by atoms with Crippen LogP contribution in [0.5, 0.6) is 0 Å². The third-order valence-electron chi connectivity index (χ3n) is 8.33. The van der Waals surface area contributed by atoms with Crippen LogP contribution in [-0.4, -0.2) is 32.7 Å². The van der Waals surface area contributed by atoms with E-state index in [0.717, 1.165) is 41.7 Å². The van der Waals surface area contributed by atoms with E-state index >= 15 is 0 Å². The molecule has 3 aliphatic rings. The first-order valence-electron chi connectivity index (χ1n) is 14.3. The Morgan fingerprint density at radius 1 is 1.12 bits per heavy atom. The van der Waals surface area contributed by atoms with E-state index in [4.69, 9.17) is 4.78 Å². The van der Waals surface area contributed by atoms with Crippen LogP contribution in [0.25, 0.3) is 0 Å². The largest absolute Gasteiger partial charge is 0.416 e. The van der Waals surface area contributed by atoms with Crippen molar-refractivity contribution >= 4 is 21.4 Å². The van der Waals surface area contributed by atoms with Crippen molar-refractivity contribution in [2.45, 2.75) is 64.2 Å². The zero-order valence-corrected chi connectivity index (χ0v) is 24.9. The number of allylic oxidation sites excluding steroid dienone is 3. The number of benzene rings is 2. The summed E-state index contributed by atoms with van der Waals surface area (Å²) in [4.78, 5) is 17.7. The predicted molar refractivity (Wildman–Crippen MR) is 160 cm³/mol. The third kappa shape index (κ3) is 6.07. The van der Waals surface area contributed by atoms with Gasteiger partial charge in [-0.05, 0) is 93.5 Å². The maximum atomic E-state index is 14.7. The molecule has 5 rings (SSSR count). The van der Waals surface area contributed by atoms with Gasteiger partial charge in [-0.1, -0.05) is 24.3 Å². The van der Waals surface area contributed by atoms with E-state index in [9.17, 15) is 27.4 Å². The minimum Gasteiger partial charge on any atom is -0.369 e. The minimum absolute atomic E-state index is 0.134. The number of urea groups is 1. The number of halogens is 3. The van der Waals surface area contributed by atoms with E-state index < -0.39 is 33.5 Å². The Kier molecular flexibility index (Phi) is 8.43. The molecule has 1 atom stereocenters. The molecule has 1 saturated heterocycles. The van der Waals surface area contributed by atoms with Gasteiger partial charge in [-0.25, -0.2) is 9.00 Å². The van der Waals surface area contributed by atoms with Crippen LogP contribution in [0.4, 0.5) is 23.7 Å². The number of carbonyl (C=O) groups is 1. The van der Waals surface area contributed by atoms with Crippen molar-refractivity contribution in [3.05, 3.63) is 100 Å². The quantitative estimate of drug-likeness (QED) is 0.365. The molecule has 0 bridgehead atoms. The van der Waals surface area contributed by atoms with Gasteiger partial charge in [0.15, 0.2) is 0 Å². The standard InChI is InChI=1S/C32H34F3N5O2S/c1-3-22-7-5-10-27-29(22)30(23-13-11-21(20-36)12-14-23)40(28(4-2)38-25-15-17-43(37,42)18-16-25)31(41)39(27)26-9-6-8-24(19-26)32(33,34)35/h3-4,6,8-9,11-14,19,25,30,37-38H,5,7,10,15-18H2,1-2H3. The monoisotopic (exact) mass is 609 g/mol. The van der Waals surface area contributed by atoms with Crippen molar-refractivity contribution in [3.63, 3.8) is 0 Å². The van der Waals surface area contributed by atoms with Gasteiger partial charge in [0, 0.05) is 38.5 Å². The molecule has 1 unspecified atom stereocenters. The second-order valence-corrected chi connectivity index (χ2v) is 13.5. The Morgan fingerprint density at radius 3 is 2.42 bits per heavy atom. The molecular weight excluding hydrogens is 575 g/mol. The second kappa shape index (κ2) is 11.9. The molecule has 226 valence electrons. The van der Waals surface area contributed by atoms with Gasteiger partial charge in [0.1, 0.15) is 5.82 Å². The molecule has 2 heterocycles. The summed E-state index contributed by atoms with van der Waals surface area (Å²) >= 11 is 0. The van der Waals surface area contributed by atoms with Gasteiger partial charge in [-0.2, -0.15) is 18.4 Å². The van der Waals surface area contributed by atoms with E-state index in [2.05, 4.69) is 11.4 Å². The van der Waals surface area contributed by atoms with Crippen LogP contribution >= 0.6 is 0 Å². The smallest absolute Gasteiger partial charge is 0.369 e. The van der Waals surface area contributed by atoms with Crippen molar-refractivity contribution in [2.75, 3.05) is 16.4 Å². The highest BCUT2D eigenvalue weighted by Crippen LogP contribution is 2.49. The predicted octanol–water partition coefficient (Wildman–Crippen LogP) is 7.60. The normalized spacial score (nSPS) is 25.9. The number of hydrogen-bond acceptors (Lipinski definition) is 5. The van der Waals surface area contributed by atoms with Gasteiger partial charge in [0.2, 0.25) is 0 Å². The Balaban J connectivity index is 1.70. The number of nitriles is 1. The molecule has 2 aliphatic heterocycles. The number of nitrogens with one attached hydrogen (secondary N) is 2. The molecule has 0 radical (unpaired) electrons. The lowest BCUT2D eigenvalue weighted by Gasteiger charge is -2.48. The SMILES string of the molecule is CC=C1CCCC2=C1C(c1ccc(C#N)cc1)N(C(=CC)NC1CCS(=N)(=O)CC1)C(=O)N2c1cccc(C(F)(F)F)c1. The Hall–Kier alpha value is -4.04. The van der Waals surface area contributed by atoms with Gasteiger partial charge in [0.05, 0.1) is 28.9 Å². The van der Waals surface area contributed by atoms with Crippen LogP contribution in [0, 0.1) is 16.1 Å². The zero-order valence-electron chi connectivity index (χ0n) is 24.1. The molecular formula is C32H34F3N5O2S. The van der Waals surface area contributed by atoms with Crippen LogP contribution in [0.3, 0.4) is 0 Å². The van der Waals surface area contributed by atoms with Crippen molar-refractivity contribution < 1.29 is 22.2 Å². The second-order valence-electron chi connectivity index (χ2n) is 11.0. The van der Waals surface area contributed by atoms with Gasteiger partial charge >= 0.3 is 12.2 Å². The molecule has 7 nitrogen and oxygen atoms in total. The summed E-state index contributed by atoms with van der Waals surface area (Å²) in [7, 11) is -2.62. The zero-order chi connectivity index (χ0) is 30.9. The number of alkyl halides is 3. The van der Waals surface area contributed by atoms with E-state index in [1.165, 1.54) is 17.0 Å². The summed E-state index contributed by atoms with van der Waals surface area (Å²) in [6, 6.07) is 12.8. The van der Waals surface area contributed by atoms with Gasteiger partial charge in [0.25, 0.3) is 0 Å². The lowest BCUT2D eigenvalue weighted by atomic mass is 9.80. The molecule has 0 spiro atoms. The lowest BCUT2D eigenvalue weighted by Crippen LogP contribution is -2.54. The molecule has 2 N–H and O–H groups in total. The summed E-state index contributed by atoms with van der Waals surface area (Å²) in [5.74, 6) is 0.985. The summed E-state index contributed by atoms with van der Waals surface area (Å²) in [6.45, 7) is 3.71. The highest BCUT2D eigenvalue weighted by Gasteiger charge is 2.45. The summed E-state index contributed by atoms with van der Waals surface area (Å²) in [6.07, 6.45) is 2.18. The topological polar surface area (TPSA) is 100 Å². The highest BCUT2D eigenvalue weighted by molar-refractivity contribution is 7.92.